The molecule has 1 N–H and O–H groups in total. The Morgan fingerprint density at radius 1 is 0.786 bits per heavy atom. The number of nitrogens with zero attached hydrogens (tertiary/aromatic N) is 1. The number of anilines is 1. The van der Waals surface area contributed by atoms with Gasteiger partial charge in [-0.25, -0.2) is 0 Å². The Labute approximate surface area is 169 Å². The number of aryl methyl sites for hydroxylation is 2. The van der Waals surface area contributed by atoms with Gasteiger partial charge in [0.25, 0.3) is 6.85 Å². The maximum Gasteiger partial charge on any atom is 0.294 e. The van der Waals surface area contributed by atoms with E-state index in [4.69, 9.17) is 0 Å². The lowest BCUT2D eigenvalue weighted by atomic mass is 9.49. The van der Waals surface area contributed by atoms with Crippen LogP contribution in [0.5, 0.6) is 0 Å². The van der Waals surface area contributed by atoms with Crippen LogP contribution in [0.4, 0.5) is 5.69 Å². The zero-order chi connectivity index (χ0) is 19.9. The molecule has 0 aromatic heterocycles. The second kappa shape index (κ2) is 7.14. The van der Waals surface area contributed by atoms with Crippen LogP contribution < -0.4 is 16.2 Å². The highest BCUT2D eigenvalue weighted by atomic mass is 15.3. The van der Waals surface area contributed by atoms with Crippen molar-refractivity contribution in [2.45, 2.75) is 46.3 Å². The van der Waals surface area contributed by atoms with E-state index >= 15 is 0 Å². The summed E-state index contributed by atoms with van der Waals surface area (Å²) in [6.45, 7) is 11.6. The zero-order valence-electron chi connectivity index (χ0n) is 17.5. The summed E-state index contributed by atoms with van der Waals surface area (Å²) in [5.74, 6) is 0. The maximum absolute atomic E-state index is 3.92. The van der Waals surface area contributed by atoms with Gasteiger partial charge in [0.2, 0.25) is 0 Å². The van der Waals surface area contributed by atoms with Crippen LogP contribution in [-0.4, -0.2) is 17.2 Å². The zero-order valence-corrected chi connectivity index (χ0v) is 17.5. The third kappa shape index (κ3) is 3.25. The number of para-hydroxylation sites is 1. The molecule has 1 aliphatic heterocycles. The Bertz CT molecular complexity index is 955. The van der Waals surface area contributed by atoms with Gasteiger partial charge in [0.1, 0.15) is 0 Å². The van der Waals surface area contributed by atoms with Crippen molar-refractivity contribution in [3.05, 3.63) is 89.5 Å². The first-order valence-electron chi connectivity index (χ1n) is 10.1. The summed E-state index contributed by atoms with van der Waals surface area (Å²) in [6, 6.07) is 26.3. The molecule has 0 saturated carbocycles. The average Bonchev–Trinajstić information content (AvgIpc) is 3.00. The second-order valence-corrected chi connectivity index (χ2v) is 8.83. The molecular weight excluding hydrogens is 339 g/mol. The van der Waals surface area contributed by atoms with Crippen LogP contribution in [-0.2, 0) is 0 Å². The van der Waals surface area contributed by atoms with Crippen molar-refractivity contribution in [3.63, 3.8) is 0 Å². The highest BCUT2D eigenvalue weighted by Gasteiger charge is 2.47. The van der Waals surface area contributed by atoms with E-state index in [1.54, 1.807) is 0 Å². The molecule has 0 unspecified atom stereocenters. The second-order valence-electron chi connectivity index (χ2n) is 8.83. The topological polar surface area (TPSA) is 15.3 Å². The van der Waals surface area contributed by atoms with Crippen LogP contribution in [0.3, 0.4) is 0 Å². The van der Waals surface area contributed by atoms with E-state index in [1.165, 1.54) is 33.3 Å². The molecule has 28 heavy (non-hydrogen) atoms. The van der Waals surface area contributed by atoms with Crippen LogP contribution in [0.15, 0.2) is 72.8 Å². The predicted molar refractivity (Wildman–Crippen MR) is 122 cm³/mol. The number of benzene rings is 3. The number of nitrogens with one attached hydrogen (secondary N) is 1. The highest BCUT2D eigenvalue weighted by Crippen LogP contribution is 2.36. The van der Waals surface area contributed by atoms with Gasteiger partial charge in [0.15, 0.2) is 0 Å². The molecule has 0 aliphatic carbocycles. The summed E-state index contributed by atoms with van der Waals surface area (Å²) in [5.41, 5.74) is 7.92. The summed E-state index contributed by atoms with van der Waals surface area (Å²) >= 11 is 0. The minimum Gasteiger partial charge on any atom is -0.366 e. The van der Waals surface area contributed by atoms with Crippen molar-refractivity contribution in [1.29, 1.82) is 0 Å². The van der Waals surface area contributed by atoms with Gasteiger partial charge in [0, 0.05) is 11.2 Å². The molecule has 0 spiro atoms. The number of hydrogen-bond donors (Lipinski definition) is 1. The first-order valence-corrected chi connectivity index (χ1v) is 10.1. The SMILES string of the molecule is Cc1cccc(C)c1N[C@H]1c2ccccc2B(c2ccccc2)N1C(C)(C)C. The minimum atomic E-state index is -0.00617. The number of rotatable bonds is 3. The molecule has 3 heteroatoms. The summed E-state index contributed by atoms with van der Waals surface area (Å²) in [6.07, 6.45) is 0.126. The quantitative estimate of drug-likeness (QED) is 0.678. The Balaban J connectivity index is 1.87. The lowest BCUT2D eigenvalue weighted by Crippen LogP contribution is -2.59. The first kappa shape index (κ1) is 18.8. The summed E-state index contributed by atoms with van der Waals surface area (Å²) in [7, 11) is 0. The summed E-state index contributed by atoms with van der Waals surface area (Å²) in [4.78, 5) is 2.62. The van der Waals surface area contributed by atoms with Gasteiger partial charge in [-0.1, -0.05) is 83.7 Å². The van der Waals surface area contributed by atoms with Gasteiger partial charge < -0.3 is 10.1 Å². The molecule has 142 valence electrons. The first-order chi connectivity index (χ1) is 13.4. The van der Waals surface area contributed by atoms with Gasteiger partial charge in [0.05, 0.1) is 6.17 Å². The highest BCUT2D eigenvalue weighted by molar-refractivity contribution is 6.84. The smallest absolute Gasteiger partial charge is 0.294 e. The van der Waals surface area contributed by atoms with Gasteiger partial charge in [-0.3, -0.25) is 0 Å². The Hall–Kier alpha value is -2.52. The molecule has 4 rings (SSSR count). The van der Waals surface area contributed by atoms with Crippen molar-refractivity contribution >= 4 is 23.5 Å². The van der Waals surface area contributed by atoms with Gasteiger partial charge in [-0.05, 0) is 51.3 Å². The van der Waals surface area contributed by atoms with Crippen LogP contribution in [0.25, 0.3) is 0 Å². The summed E-state index contributed by atoms with van der Waals surface area (Å²) in [5, 5.41) is 3.92. The van der Waals surface area contributed by atoms with E-state index in [0.717, 1.165) is 0 Å². The molecule has 1 aliphatic rings. The van der Waals surface area contributed by atoms with Crippen LogP contribution in [0, 0.1) is 13.8 Å². The van der Waals surface area contributed by atoms with Crippen LogP contribution in [0.1, 0.15) is 43.6 Å². The van der Waals surface area contributed by atoms with Crippen molar-refractivity contribution in [2.24, 2.45) is 0 Å². The van der Waals surface area contributed by atoms with Gasteiger partial charge in [-0.15, -0.1) is 0 Å². The molecule has 2 nitrogen and oxygen atoms in total. The average molecular weight is 368 g/mol. The number of hydrogen-bond acceptors (Lipinski definition) is 2. The molecule has 3 aromatic carbocycles. The molecule has 0 amide bonds. The van der Waals surface area contributed by atoms with Crippen molar-refractivity contribution < 1.29 is 0 Å². The molecule has 0 bridgehead atoms. The van der Waals surface area contributed by atoms with Crippen LogP contribution in [0.2, 0.25) is 0 Å². The molecule has 0 radical (unpaired) electrons. The fourth-order valence-electron chi connectivity index (χ4n) is 4.53. The lowest BCUT2D eigenvalue weighted by Gasteiger charge is -2.42. The van der Waals surface area contributed by atoms with E-state index < -0.39 is 0 Å². The molecule has 0 fully saturated rings. The minimum absolute atomic E-state index is 0.00617. The van der Waals surface area contributed by atoms with E-state index in [0.29, 0.717) is 0 Å². The Morgan fingerprint density at radius 2 is 1.39 bits per heavy atom. The van der Waals surface area contributed by atoms with Crippen LogP contribution >= 0.6 is 0 Å². The maximum atomic E-state index is 3.92. The van der Waals surface area contributed by atoms with Gasteiger partial charge >= 0.3 is 0 Å². The molecule has 3 aromatic rings. The van der Waals surface area contributed by atoms with Gasteiger partial charge in [-0.2, -0.15) is 0 Å². The van der Waals surface area contributed by atoms with Crippen molar-refractivity contribution in [3.8, 4) is 0 Å². The lowest BCUT2D eigenvalue weighted by molar-refractivity contribution is 0.214. The molecule has 1 atom stereocenters. The van der Waals surface area contributed by atoms with E-state index in [2.05, 4.69) is 118 Å². The Morgan fingerprint density at radius 3 is 2.04 bits per heavy atom. The van der Waals surface area contributed by atoms with E-state index in [-0.39, 0.29) is 18.6 Å². The molecule has 1 heterocycles. The Kier molecular flexibility index (Phi) is 4.80. The number of fused-ring (bicyclic) bond motifs is 1. The fraction of sp³-hybridized carbons (Fsp3) is 0.280. The third-order valence-electron chi connectivity index (χ3n) is 5.79. The standard InChI is InChI=1S/C25H29BN2/c1-18-12-11-13-19(2)23(18)27-24-21-16-9-10-17-22(21)26(28(24)25(3,4)5)20-14-7-6-8-15-20/h6-17,24,27H,1-5H3/t24-/m1/s1. The monoisotopic (exact) mass is 368 g/mol. The van der Waals surface area contributed by atoms with E-state index in [1.807, 2.05) is 0 Å². The molecular formula is C25H29BN2. The third-order valence-corrected chi connectivity index (χ3v) is 5.79. The van der Waals surface area contributed by atoms with Crippen molar-refractivity contribution in [1.82, 2.24) is 4.81 Å². The largest absolute Gasteiger partial charge is 0.366 e. The predicted octanol–water partition coefficient (Wildman–Crippen LogP) is 4.63. The normalized spacial score (nSPS) is 16.9. The van der Waals surface area contributed by atoms with E-state index in [9.17, 15) is 0 Å². The summed E-state index contributed by atoms with van der Waals surface area (Å²) < 4.78 is 0. The van der Waals surface area contributed by atoms with Crippen molar-refractivity contribution in [2.75, 3.05) is 5.32 Å². The fourth-order valence-corrected chi connectivity index (χ4v) is 4.53. The molecule has 0 saturated heterocycles.